The van der Waals surface area contributed by atoms with Crippen molar-refractivity contribution in [3.8, 4) is 23.3 Å². The molecule has 0 amide bonds. The molecule has 0 saturated carbocycles. The van der Waals surface area contributed by atoms with Crippen molar-refractivity contribution < 1.29 is 14.2 Å². The summed E-state index contributed by atoms with van der Waals surface area (Å²) >= 11 is 1.52. The molecule has 0 radical (unpaired) electrons. The minimum atomic E-state index is 0.579. The predicted molar refractivity (Wildman–Crippen MR) is 83.9 cm³/mol. The molecule has 0 N–H and O–H groups in total. The van der Waals surface area contributed by atoms with Crippen LogP contribution < -0.4 is 14.2 Å². The van der Waals surface area contributed by atoms with Crippen molar-refractivity contribution in [2.75, 3.05) is 21.3 Å². The molecule has 4 nitrogen and oxygen atoms in total. The van der Waals surface area contributed by atoms with Gasteiger partial charge < -0.3 is 14.2 Å². The number of thiophene rings is 1. The fraction of sp³-hybridized carbons (Fsp3) is 0.188. The summed E-state index contributed by atoms with van der Waals surface area (Å²) in [5, 5.41) is 11.3. The quantitative estimate of drug-likeness (QED) is 0.787. The Morgan fingerprint density at radius 1 is 1.10 bits per heavy atom. The van der Waals surface area contributed by atoms with Crippen LogP contribution >= 0.6 is 11.3 Å². The van der Waals surface area contributed by atoms with E-state index in [-0.39, 0.29) is 0 Å². The first-order valence-electron chi connectivity index (χ1n) is 6.19. The normalized spacial score (nSPS) is 10.9. The van der Waals surface area contributed by atoms with Gasteiger partial charge in [-0.1, -0.05) is 6.07 Å². The van der Waals surface area contributed by atoms with E-state index in [0.29, 0.717) is 22.8 Å². The molecule has 0 fully saturated rings. The zero-order valence-electron chi connectivity index (χ0n) is 12.0. The molecule has 1 heterocycles. The SMILES string of the molecule is COc1cc(OC)c(OC)cc1/C=C(\C#N)c1cccs1. The fourth-order valence-corrected chi connectivity index (χ4v) is 2.60. The highest BCUT2D eigenvalue weighted by Gasteiger charge is 2.12. The molecule has 1 aromatic carbocycles. The van der Waals surface area contributed by atoms with Gasteiger partial charge in [0.25, 0.3) is 0 Å². The Bertz CT molecular complexity index is 684. The summed E-state index contributed by atoms with van der Waals surface area (Å²) in [5.74, 6) is 1.80. The first-order chi connectivity index (χ1) is 10.2. The van der Waals surface area contributed by atoms with Gasteiger partial charge in [-0.3, -0.25) is 0 Å². The number of methoxy groups -OCH3 is 3. The zero-order valence-corrected chi connectivity index (χ0v) is 12.9. The molecule has 5 heteroatoms. The van der Waals surface area contributed by atoms with E-state index in [4.69, 9.17) is 14.2 Å². The molecule has 1 aromatic heterocycles. The van der Waals surface area contributed by atoms with Crippen LogP contribution in [0.5, 0.6) is 17.2 Å². The van der Waals surface area contributed by atoms with Crippen LogP contribution in [-0.4, -0.2) is 21.3 Å². The van der Waals surface area contributed by atoms with Gasteiger partial charge in [0.1, 0.15) is 11.8 Å². The summed E-state index contributed by atoms with van der Waals surface area (Å²) < 4.78 is 15.9. The number of hydrogen-bond acceptors (Lipinski definition) is 5. The van der Waals surface area contributed by atoms with Crippen molar-refractivity contribution in [1.29, 1.82) is 5.26 Å². The van der Waals surface area contributed by atoms with Crippen LogP contribution in [0.2, 0.25) is 0 Å². The van der Waals surface area contributed by atoms with Gasteiger partial charge in [0.2, 0.25) is 0 Å². The van der Waals surface area contributed by atoms with Gasteiger partial charge >= 0.3 is 0 Å². The maximum atomic E-state index is 9.34. The minimum absolute atomic E-state index is 0.579. The molecule has 2 rings (SSSR count). The number of allylic oxidation sites excluding steroid dienone is 1. The number of hydrogen-bond donors (Lipinski definition) is 0. The van der Waals surface area contributed by atoms with Crippen molar-refractivity contribution >= 4 is 23.0 Å². The molecule has 0 unspecified atom stereocenters. The lowest BCUT2D eigenvalue weighted by molar-refractivity contribution is 0.348. The van der Waals surface area contributed by atoms with Gasteiger partial charge in [-0.25, -0.2) is 0 Å². The molecule has 2 aromatic rings. The lowest BCUT2D eigenvalue weighted by Crippen LogP contribution is -1.94. The fourth-order valence-electron chi connectivity index (χ4n) is 1.91. The maximum Gasteiger partial charge on any atom is 0.164 e. The summed E-state index contributed by atoms with van der Waals surface area (Å²) in [5.41, 5.74) is 1.34. The number of nitrogens with zero attached hydrogens (tertiary/aromatic N) is 1. The third-order valence-electron chi connectivity index (χ3n) is 2.94. The van der Waals surface area contributed by atoms with Crippen LogP contribution in [0.25, 0.3) is 11.6 Å². The van der Waals surface area contributed by atoms with E-state index in [1.54, 1.807) is 39.5 Å². The monoisotopic (exact) mass is 301 g/mol. The Morgan fingerprint density at radius 3 is 2.29 bits per heavy atom. The minimum Gasteiger partial charge on any atom is -0.496 e. The van der Waals surface area contributed by atoms with E-state index in [9.17, 15) is 5.26 Å². The Balaban J connectivity index is 2.55. The Kier molecular flexibility index (Phi) is 4.85. The van der Waals surface area contributed by atoms with Crippen LogP contribution in [-0.2, 0) is 0 Å². The lowest BCUT2D eigenvalue weighted by Gasteiger charge is -2.12. The molecular weight excluding hydrogens is 286 g/mol. The Labute approximate surface area is 127 Å². The van der Waals surface area contributed by atoms with Crippen LogP contribution in [0.1, 0.15) is 10.4 Å². The Morgan fingerprint density at radius 2 is 1.76 bits per heavy atom. The van der Waals surface area contributed by atoms with Crippen molar-refractivity contribution in [3.05, 3.63) is 40.1 Å². The Hall–Kier alpha value is -2.45. The van der Waals surface area contributed by atoms with Gasteiger partial charge in [-0.2, -0.15) is 5.26 Å². The van der Waals surface area contributed by atoms with Crippen LogP contribution in [0.3, 0.4) is 0 Å². The largest absolute Gasteiger partial charge is 0.496 e. The number of benzene rings is 1. The molecule has 108 valence electrons. The molecule has 0 aliphatic rings. The van der Waals surface area contributed by atoms with E-state index in [2.05, 4.69) is 6.07 Å². The molecule has 21 heavy (non-hydrogen) atoms. The second-order valence-electron chi connectivity index (χ2n) is 4.10. The van der Waals surface area contributed by atoms with Gasteiger partial charge in [0.05, 0.1) is 26.9 Å². The van der Waals surface area contributed by atoms with Crippen molar-refractivity contribution in [2.24, 2.45) is 0 Å². The predicted octanol–water partition coefficient (Wildman–Crippen LogP) is 3.84. The standard InChI is InChI=1S/C16H15NO3S/c1-18-13-9-15(20-3)14(19-2)8-11(13)7-12(10-17)16-5-4-6-21-16/h4-9H,1-3H3/b12-7+. The van der Waals surface area contributed by atoms with E-state index in [0.717, 1.165) is 10.4 Å². The molecular formula is C16H15NO3S. The number of ether oxygens (including phenoxy) is 3. The zero-order chi connectivity index (χ0) is 15.2. The summed E-state index contributed by atoms with van der Waals surface area (Å²) in [6.07, 6.45) is 1.78. The number of rotatable bonds is 5. The highest BCUT2D eigenvalue weighted by atomic mass is 32.1. The molecule has 0 aliphatic heterocycles. The van der Waals surface area contributed by atoms with E-state index < -0.39 is 0 Å². The lowest BCUT2D eigenvalue weighted by atomic mass is 10.1. The van der Waals surface area contributed by atoms with E-state index in [1.807, 2.05) is 17.5 Å². The van der Waals surface area contributed by atoms with Gasteiger partial charge in [0, 0.05) is 16.5 Å². The highest BCUT2D eigenvalue weighted by molar-refractivity contribution is 7.11. The van der Waals surface area contributed by atoms with Gasteiger partial charge in [0.15, 0.2) is 11.5 Å². The smallest absolute Gasteiger partial charge is 0.164 e. The van der Waals surface area contributed by atoms with Crippen molar-refractivity contribution in [2.45, 2.75) is 0 Å². The topological polar surface area (TPSA) is 51.5 Å². The van der Waals surface area contributed by atoms with Crippen LogP contribution in [0.4, 0.5) is 0 Å². The summed E-state index contributed by atoms with van der Waals surface area (Å²) in [4.78, 5) is 0.911. The first-order valence-corrected chi connectivity index (χ1v) is 7.07. The second kappa shape index (κ2) is 6.82. The second-order valence-corrected chi connectivity index (χ2v) is 5.04. The molecule has 0 saturated heterocycles. The van der Waals surface area contributed by atoms with Crippen molar-refractivity contribution in [1.82, 2.24) is 0 Å². The summed E-state index contributed by atoms with van der Waals surface area (Å²) in [7, 11) is 4.72. The molecule has 0 atom stereocenters. The van der Waals surface area contributed by atoms with Crippen LogP contribution in [0.15, 0.2) is 29.6 Å². The summed E-state index contributed by atoms with van der Waals surface area (Å²) in [6.45, 7) is 0. The summed E-state index contributed by atoms with van der Waals surface area (Å²) in [6, 6.07) is 9.58. The highest BCUT2D eigenvalue weighted by Crippen LogP contribution is 2.36. The molecule has 0 aliphatic carbocycles. The third-order valence-corrected chi connectivity index (χ3v) is 3.85. The van der Waals surface area contributed by atoms with Gasteiger partial charge in [-0.05, 0) is 23.6 Å². The van der Waals surface area contributed by atoms with Gasteiger partial charge in [-0.15, -0.1) is 11.3 Å². The molecule has 0 bridgehead atoms. The average molecular weight is 301 g/mol. The first kappa shape index (κ1) is 14.9. The maximum absolute atomic E-state index is 9.34. The van der Waals surface area contributed by atoms with E-state index >= 15 is 0 Å². The third kappa shape index (κ3) is 3.18. The average Bonchev–Trinajstić information content (AvgIpc) is 3.05. The molecule has 0 spiro atoms. The van der Waals surface area contributed by atoms with Crippen molar-refractivity contribution in [3.63, 3.8) is 0 Å². The van der Waals surface area contributed by atoms with Crippen LogP contribution in [0, 0.1) is 11.3 Å². The van der Waals surface area contributed by atoms with E-state index in [1.165, 1.54) is 11.3 Å². The number of nitriles is 1.